The zero-order chi connectivity index (χ0) is 14.4. The van der Waals surface area contributed by atoms with Crippen molar-refractivity contribution in [2.45, 2.75) is 38.3 Å². The van der Waals surface area contributed by atoms with Crippen LogP contribution in [-0.4, -0.2) is 44.8 Å². The van der Waals surface area contributed by atoms with E-state index in [0.717, 1.165) is 19.5 Å². The van der Waals surface area contributed by atoms with Crippen LogP contribution in [0.1, 0.15) is 36.4 Å². The number of piperidine rings is 1. The Hall–Kier alpha value is -0.900. The maximum absolute atomic E-state index is 5.50. The van der Waals surface area contributed by atoms with E-state index in [1.54, 1.807) is 0 Å². The van der Waals surface area contributed by atoms with Crippen LogP contribution < -0.4 is 5.32 Å². The van der Waals surface area contributed by atoms with E-state index < -0.39 is 0 Å². The fourth-order valence-corrected chi connectivity index (χ4v) is 3.08. The molecular weight excluding hydrogens is 248 g/mol. The van der Waals surface area contributed by atoms with Gasteiger partial charge in [-0.1, -0.05) is 29.8 Å². The summed E-state index contributed by atoms with van der Waals surface area (Å²) in [5.74, 6) is 0. The third-order valence-electron chi connectivity index (χ3n) is 4.32. The minimum Gasteiger partial charge on any atom is -0.380 e. The number of hydrogen-bond donors (Lipinski definition) is 1. The first kappa shape index (κ1) is 15.5. The van der Waals surface area contributed by atoms with Gasteiger partial charge in [0, 0.05) is 26.2 Å². The molecule has 0 aliphatic carbocycles. The molecule has 3 nitrogen and oxygen atoms in total. The molecule has 1 heterocycles. The third-order valence-corrected chi connectivity index (χ3v) is 4.32. The monoisotopic (exact) mass is 276 g/mol. The highest BCUT2D eigenvalue weighted by atomic mass is 16.5. The SMILES string of the molecule is CNC(CCN1CCCC(OC)C1)c1cccc(C)c1. The number of hydrogen-bond acceptors (Lipinski definition) is 3. The van der Waals surface area contributed by atoms with Crippen LogP contribution in [0.4, 0.5) is 0 Å². The second-order valence-electron chi connectivity index (χ2n) is 5.84. The molecule has 1 fully saturated rings. The molecule has 20 heavy (non-hydrogen) atoms. The van der Waals surface area contributed by atoms with Gasteiger partial charge in [0.1, 0.15) is 0 Å². The van der Waals surface area contributed by atoms with E-state index in [4.69, 9.17) is 4.74 Å². The van der Waals surface area contributed by atoms with Gasteiger partial charge in [-0.3, -0.25) is 0 Å². The number of methoxy groups -OCH3 is 1. The zero-order valence-corrected chi connectivity index (χ0v) is 13.1. The summed E-state index contributed by atoms with van der Waals surface area (Å²) in [5, 5.41) is 3.45. The molecule has 2 atom stereocenters. The second-order valence-corrected chi connectivity index (χ2v) is 5.84. The summed E-state index contributed by atoms with van der Waals surface area (Å²) in [6, 6.07) is 9.26. The molecule has 112 valence electrons. The van der Waals surface area contributed by atoms with Crippen LogP contribution >= 0.6 is 0 Å². The highest BCUT2D eigenvalue weighted by Crippen LogP contribution is 2.20. The van der Waals surface area contributed by atoms with Gasteiger partial charge >= 0.3 is 0 Å². The molecule has 1 aliphatic rings. The number of nitrogens with zero attached hydrogens (tertiary/aromatic N) is 1. The number of benzene rings is 1. The van der Waals surface area contributed by atoms with Crippen LogP contribution in [0.5, 0.6) is 0 Å². The Morgan fingerprint density at radius 2 is 2.30 bits per heavy atom. The molecule has 1 saturated heterocycles. The molecule has 0 amide bonds. The number of rotatable bonds is 6. The van der Waals surface area contributed by atoms with Gasteiger partial charge in [0.2, 0.25) is 0 Å². The molecule has 1 aromatic rings. The lowest BCUT2D eigenvalue weighted by atomic mass is 10.0. The number of nitrogens with one attached hydrogen (secondary N) is 1. The topological polar surface area (TPSA) is 24.5 Å². The Balaban J connectivity index is 1.87. The predicted molar refractivity (Wildman–Crippen MR) is 84.1 cm³/mol. The summed E-state index contributed by atoms with van der Waals surface area (Å²) in [6.07, 6.45) is 4.04. The van der Waals surface area contributed by atoms with Crippen molar-refractivity contribution in [1.29, 1.82) is 0 Å². The fraction of sp³-hybridized carbons (Fsp3) is 0.647. The van der Waals surface area contributed by atoms with Gasteiger partial charge in [0.15, 0.2) is 0 Å². The maximum atomic E-state index is 5.50. The summed E-state index contributed by atoms with van der Waals surface area (Å²) >= 11 is 0. The Morgan fingerprint density at radius 1 is 1.45 bits per heavy atom. The van der Waals surface area contributed by atoms with E-state index in [9.17, 15) is 0 Å². The molecule has 0 aromatic heterocycles. The zero-order valence-electron chi connectivity index (χ0n) is 13.1. The molecule has 2 unspecified atom stereocenters. The predicted octanol–water partition coefficient (Wildman–Crippen LogP) is 2.76. The molecule has 2 rings (SSSR count). The lowest BCUT2D eigenvalue weighted by Gasteiger charge is -2.32. The molecule has 1 aromatic carbocycles. The van der Waals surface area contributed by atoms with Gasteiger partial charge in [-0.25, -0.2) is 0 Å². The van der Waals surface area contributed by atoms with Crippen molar-refractivity contribution in [3.63, 3.8) is 0 Å². The minimum atomic E-state index is 0.427. The third kappa shape index (κ3) is 4.30. The average Bonchev–Trinajstić information content (AvgIpc) is 2.48. The number of ether oxygens (including phenoxy) is 1. The molecular formula is C17H28N2O. The molecule has 0 radical (unpaired) electrons. The van der Waals surface area contributed by atoms with Crippen molar-refractivity contribution < 1.29 is 4.74 Å². The Bertz CT molecular complexity index is 408. The highest BCUT2D eigenvalue weighted by Gasteiger charge is 2.20. The average molecular weight is 276 g/mol. The second kappa shape index (κ2) is 7.77. The first-order valence-electron chi connectivity index (χ1n) is 7.72. The first-order chi connectivity index (χ1) is 9.72. The highest BCUT2D eigenvalue weighted by molar-refractivity contribution is 5.25. The standard InChI is InChI=1S/C17H28N2O/c1-14-6-4-7-15(12-14)17(18-2)9-11-19-10-5-8-16(13-19)20-3/h4,6-7,12,16-18H,5,8-11,13H2,1-3H3. The Morgan fingerprint density at radius 3 is 3.00 bits per heavy atom. The lowest BCUT2D eigenvalue weighted by molar-refractivity contribution is 0.0302. The van der Waals surface area contributed by atoms with Crippen molar-refractivity contribution >= 4 is 0 Å². The summed E-state index contributed by atoms with van der Waals surface area (Å²) in [7, 11) is 3.89. The van der Waals surface area contributed by atoms with Crippen LogP contribution in [0.15, 0.2) is 24.3 Å². The summed E-state index contributed by atoms with van der Waals surface area (Å²) in [6.45, 7) is 5.59. The van der Waals surface area contributed by atoms with Gasteiger partial charge in [0.25, 0.3) is 0 Å². The van der Waals surface area contributed by atoms with Crippen molar-refractivity contribution in [3.8, 4) is 0 Å². The van der Waals surface area contributed by atoms with E-state index in [2.05, 4.69) is 48.5 Å². The van der Waals surface area contributed by atoms with E-state index in [0.29, 0.717) is 12.1 Å². The molecule has 0 bridgehead atoms. The van der Waals surface area contributed by atoms with E-state index >= 15 is 0 Å². The van der Waals surface area contributed by atoms with Crippen LogP contribution in [0, 0.1) is 6.92 Å². The Labute approximate surface area is 123 Å². The van der Waals surface area contributed by atoms with Gasteiger partial charge < -0.3 is 15.0 Å². The number of aryl methyl sites for hydroxylation is 1. The smallest absolute Gasteiger partial charge is 0.0698 e. The van der Waals surface area contributed by atoms with Crippen molar-refractivity contribution in [2.24, 2.45) is 0 Å². The molecule has 0 saturated carbocycles. The quantitative estimate of drug-likeness (QED) is 0.864. The van der Waals surface area contributed by atoms with Crippen LogP contribution in [0.3, 0.4) is 0 Å². The van der Waals surface area contributed by atoms with Crippen molar-refractivity contribution in [3.05, 3.63) is 35.4 Å². The first-order valence-corrected chi connectivity index (χ1v) is 7.72. The van der Waals surface area contributed by atoms with E-state index in [1.165, 1.54) is 30.5 Å². The van der Waals surface area contributed by atoms with Crippen LogP contribution in [0.25, 0.3) is 0 Å². The van der Waals surface area contributed by atoms with Crippen LogP contribution in [-0.2, 0) is 4.74 Å². The Kier molecular flexibility index (Phi) is 6.02. The molecule has 0 spiro atoms. The van der Waals surface area contributed by atoms with E-state index in [1.807, 2.05) is 7.11 Å². The lowest BCUT2D eigenvalue weighted by Crippen LogP contribution is -2.40. The normalized spacial score (nSPS) is 21.9. The van der Waals surface area contributed by atoms with Gasteiger partial charge in [-0.15, -0.1) is 0 Å². The largest absolute Gasteiger partial charge is 0.380 e. The summed E-state index contributed by atoms with van der Waals surface area (Å²) in [4.78, 5) is 2.54. The number of likely N-dealkylation sites (tertiary alicyclic amines) is 1. The summed E-state index contributed by atoms with van der Waals surface area (Å²) < 4.78 is 5.50. The fourth-order valence-electron chi connectivity index (χ4n) is 3.08. The maximum Gasteiger partial charge on any atom is 0.0698 e. The van der Waals surface area contributed by atoms with Crippen molar-refractivity contribution in [1.82, 2.24) is 10.2 Å². The summed E-state index contributed by atoms with van der Waals surface area (Å²) in [5.41, 5.74) is 2.73. The van der Waals surface area contributed by atoms with E-state index in [-0.39, 0.29) is 0 Å². The van der Waals surface area contributed by atoms with Crippen LogP contribution in [0.2, 0.25) is 0 Å². The minimum absolute atomic E-state index is 0.427. The van der Waals surface area contributed by atoms with Crippen molar-refractivity contribution in [2.75, 3.05) is 33.8 Å². The molecule has 1 aliphatic heterocycles. The molecule has 3 heteroatoms. The van der Waals surface area contributed by atoms with Gasteiger partial charge in [-0.05, 0) is 45.3 Å². The van der Waals surface area contributed by atoms with Gasteiger partial charge in [0.05, 0.1) is 6.10 Å². The molecule has 1 N–H and O–H groups in total. The van der Waals surface area contributed by atoms with Gasteiger partial charge in [-0.2, -0.15) is 0 Å².